The minimum atomic E-state index is -0.488. The first kappa shape index (κ1) is 15.7. The third-order valence-electron chi connectivity index (χ3n) is 3.77. The molecule has 1 aliphatic rings. The second-order valence-electron chi connectivity index (χ2n) is 5.48. The summed E-state index contributed by atoms with van der Waals surface area (Å²) >= 11 is 3.36. The average Bonchev–Trinajstić information content (AvgIpc) is 3.15. The van der Waals surface area contributed by atoms with E-state index in [0.717, 1.165) is 10.9 Å². The number of nitrogens with zero attached hydrogens (tertiary/aromatic N) is 2. The first-order valence-electron chi connectivity index (χ1n) is 7.35. The van der Waals surface area contributed by atoms with Gasteiger partial charge in [0.15, 0.2) is 5.82 Å². The van der Waals surface area contributed by atoms with Crippen LogP contribution in [0.3, 0.4) is 0 Å². The molecule has 23 heavy (non-hydrogen) atoms. The number of halogens is 1. The summed E-state index contributed by atoms with van der Waals surface area (Å²) in [5, 5.41) is 6.46. The minimum Gasteiger partial charge on any atom is -0.360 e. The van der Waals surface area contributed by atoms with E-state index in [1.54, 1.807) is 36.1 Å². The molecular formula is C16H16BrN3O3. The highest BCUT2D eigenvalue weighted by atomic mass is 79.9. The number of hydrogen-bond donors (Lipinski definition) is 1. The summed E-state index contributed by atoms with van der Waals surface area (Å²) in [5.74, 6) is 0.613. The lowest BCUT2D eigenvalue weighted by Gasteiger charge is -2.23. The van der Waals surface area contributed by atoms with Crippen LogP contribution >= 0.6 is 15.9 Å². The van der Waals surface area contributed by atoms with Crippen LogP contribution in [0.5, 0.6) is 0 Å². The quantitative estimate of drug-likeness (QED) is 0.891. The second kappa shape index (κ2) is 6.54. The summed E-state index contributed by atoms with van der Waals surface area (Å²) in [6, 6.07) is 8.34. The SMILES string of the molecule is Cc1cc(NC(=O)C2CCCN2C(=O)c2cccc(Br)c2)no1. The first-order valence-corrected chi connectivity index (χ1v) is 8.14. The fourth-order valence-electron chi connectivity index (χ4n) is 2.70. The molecule has 1 saturated heterocycles. The highest BCUT2D eigenvalue weighted by molar-refractivity contribution is 9.10. The maximum Gasteiger partial charge on any atom is 0.254 e. The molecule has 1 atom stereocenters. The Morgan fingerprint density at radius 1 is 1.39 bits per heavy atom. The largest absolute Gasteiger partial charge is 0.360 e. The van der Waals surface area contributed by atoms with E-state index in [1.165, 1.54) is 0 Å². The van der Waals surface area contributed by atoms with Crippen molar-refractivity contribution in [2.24, 2.45) is 0 Å². The van der Waals surface area contributed by atoms with Crippen LogP contribution in [0.15, 0.2) is 39.3 Å². The predicted octanol–water partition coefficient (Wildman–Crippen LogP) is 2.99. The number of hydrogen-bond acceptors (Lipinski definition) is 4. The van der Waals surface area contributed by atoms with Gasteiger partial charge in [-0.05, 0) is 38.0 Å². The molecule has 3 rings (SSSR count). The van der Waals surface area contributed by atoms with Gasteiger partial charge in [-0.1, -0.05) is 27.2 Å². The summed E-state index contributed by atoms with van der Waals surface area (Å²) in [6.45, 7) is 2.32. The van der Waals surface area contributed by atoms with Crippen LogP contribution in [-0.4, -0.2) is 34.5 Å². The molecule has 1 unspecified atom stereocenters. The summed E-state index contributed by atoms with van der Waals surface area (Å²) in [5.41, 5.74) is 0.566. The van der Waals surface area contributed by atoms with Gasteiger partial charge in [-0.15, -0.1) is 0 Å². The van der Waals surface area contributed by atoms with Gasteiger partial charge < -0.3 is 14.7 Å². The van der Waals surface area contributed by atoms with Gasteiger partial charge in [-0.2, -0.15) is 0 Å². The molecule has 2 aromatic rings. The molecule has 1 fully saturated rings. The monoisotopic (exact) mass is 377 g/mol. The molecule has 6 nitrogen and oxygen atoms in total. The van der Waals surface area contributed by atoms with E-state index in [1.807, 2.05) is 6.07 Å². The van der Waals surface area contributed by atoms with E-state index in [2.05, 4.69) is 26.4 Å². The van der Waals surface area contributed by atoms with Crippen LogP contribution in [-0.2, 0) is 4.79 Å². The van der Waals surface area contributed by atoms with Crippen LogP contribution in [0.25, 0.3) is 0 Å². The van der Waals surface area contributed by atoms with Gasteiger partial charge in [0.2, 0.25) is 5.91 Å². The molecule has 0 spiro atoms. The number of benzene rings is 1. The molecule has 2 amide bonds. The lowest BCUT2D eigenvalue weighted by atomic mass is 10.1. The number of likely N-dealkylation sites (tertiary alicyclic amines) is 1. The summed E-state index contributed by atoms with van der Waals surface area (Å²) in [4.78, 5) is 26.7. The molecule has 7 heteroatoms. The van der Waals surface area contributed by atoms with Crippen molar-refractivity contribution in [3.63, 3.8) is 0 Å². The Hall–Kier alpha value is -2.15. The van der Waals surface area contributed by atoms with Gasteiger partial charge in [0.25, 0.3) is 5.91 Å². The van der Waals surface area contributed by atoms with Gasteiger partial charge in [-0.25, -0.2) is 0 Å². The Balaban J connectivity index is 1.74. The van der Waals surface area contributed by atoms with Gasteiger partial charge in [-0.3, -0.25) is 9.59 Å². The number of anilines is 1. The van der Waals surface area contributed by atoms with Crippen molar-refractivity contribution >= 4 is 33.6 Å². The third-order valence-corrected chi connectivity index (χ3v) is 4.26. The lowest BCUT2D eigenvalue weighted by molar-refractivity contribution is -0.119. The fourth-order valence-corrected chi connectivity index (χ4v) is 3.10. The number of carbonyl (C=O) groups is 2. The number of aromatic nitrogens is 1. The van der Waals surface area contributed by atoms with Gasteiger partial charge in [0, 0.05) is 22.6 Å². The number of amides is 2. The average molecular weight is 378 g/mol. The third kappa shape index (κ3) is 3.44. The standard InChI is InChI=1S/C16H16BrN3O3/c1-10-8-14(19-23-10)18-15(21)13-6-3-7-20(13)16(22)11-4-2-5-12(17)9-11/h2,4-5,8-9,13H,3,6-7H2,1H3,(H,18,19,21). The van der Waals surface area contributed by atoms with Gasteiger partial charge in [0.05, 0.1) is 0 Å². The molecule has 1 aliphatic heterocycles. The van der Waals surface area contributed by atoms with Crippen LogP contribution in [0.2, 0.25) is 0 Å². The summed E-state index contributed by atoms with van der Waals surface area (Å²) < 4.78 is 5.77. The maximum atomic E-state index is 12.7. The summed E-state index contributed by atoms with van der Waals surface area (Å²) in [7, 11) is 0. The Bertz CT molecular complexity index is 744. The minimum absolute atomic E-state index is 0.139. The normalized spacial score (nSPS) is 17.3. The fraction of sp³-hybridized carbons (Fsp3) is 0.312. The smallest absolute Gasteiger partial charge is 0.254 e. The van der Waals surface area contributed by atoms with E-state index in [-0.39, 0.29) is 11.8 Å². The highest BCUT2D eigenvalue weighted by Crippen LogP contribution is 2.23. The molecule has 0 saturated carbocycles. The van der Waals surface area contributed by atoms with Crippen LogP contribution in [0, 0.1) is 6.92 Å². The highest BCUT2D eigenvalue weighted by Gasteiger charge is 2.34. The molecule has 0 radical (unpaired) electrons. The Kier molecular flexibility index (Phi) is 4.47. The van der Waals surface area contributed by atoms with E-state index in [4.69, 9.17) is 4.52 Å². The number of nitrogens with one attached hydrogen (secondary N) is 1. The zero-order valence-electron chi connectivity index (χ0n) is 12.6. The van der Waals surface area contributed by atoms with Gasteiger partial charge in [0.1, 0.15) is 11.8 Å². The Morgan fingerprint density at radius 2 is 2.22 bits per heavy atom. The molecule has 120 valence electrons. The van der Waals surface area contributed by atoms with E-state index in [0.29, 0.717) is 30.1 Å². The zero-order valence-corrected chi connectivity index (χ0v) is 14.2. The van der Waals surface area contributed by atoms with Crippen LogP contribution < -0.4 is 5.32 Å². The Labute approximate surface area is 142 Å². The van der Waals surface area contributed by atoms with E-state index < -0.39 is 6.04 Å². The molecule has 2 heterocycles. The Morgan fingerprint density at radius 3 is 2.91 bits per heavy atom. The first-order chi connectivity index (χ1) is 11.0. The van der Waals surface area contributed by atoms with Gasteiger partial charge >= 0.3 is 0 Å². The van der Waals surface area contributed by atoms with Crippen molar-refractivity contribution in [3.8, 4) is 0 Å². The second-order valence-corrected chi connectivity index (χ2v) is 6.39. The van der Waals surface area contributed by atoms with Crippen molar-refractivity contribution in [3.05, 3.63) is 46.1 Å². The van der Waals surface area contributed by atoms with Crippen molar-refractivity contribution < 1.29 is 14.1 Å². The van der Waals surface area contributed by atoms with E-state index >= 15 is 0 Å². The summed E-state index contributed by atoms with van der Waals surface area (Å²) in [6.07, 6.45) is 1.44. The number of rotatable bonds is 3. The molecule has 0 bridgehead atoms. The van der Waals surface area contributed by atoms with Crippen molar-refractivity contribution in [1.29, 1.82) is 0 Å². The maximum absolute atomic E-state index is 12.7. The molecule has 1 aromatic heterocycles. The molecule has 1 aromatic carbocycles. The van der Waals surface area contributed by atoms with Crippen molar-refractivity contribution in [2.45, 2.75) is 25.8 Å². The lowest BCUT2D eigenvalue weighted by Crippen LogP contribution is -2.43. The molecular weight excluding hydrogens is 362 g/mol. The predicted molar refractivity (Wildman–Crippen MR) is 88.1 cm³/mol. The topological polar surface area (TPSA) is 75.4 Å². The number of aryl methyl sites for hydroxylation is 1. The van der Waals surface area contributed by atoms with Crippen molar-refractivity contribution in [1.82, 2.24) is 10.1 Å². The molecule has 1 N–H and O–H groups in total. The van der Waals surface area contributed by atoms with E-state index in [9.17, 15) is 9.59 Å². The van der Waals surface area contributed by atoms with Crippen LogP contribution in [0.1, 0.15) is 29.0 Å². The zero-order chi connectivity index (χ0) is 16.4. The number of carbonyl (C=O) groups excluding carboxylic acids is 2. The van der Waals surface area contributed by atoms with Crippen molar-refractivity contribution in [2.75, 3.05) is 11.9 Å². The van der Waals surface area contributed by atoms with Crippen LogP contribution in [0.4, 0.5) is 5.82 Å². The molecule has 0 aliphatic carbocycles.